The monoisotopic (exact) mass is 288 g/mol. The van der Waals surface area contributed by atoms with Gasteiger partial charge in [-0.05, 0) is 36.8 Å². The number of hydrogen-bond donors (Lipinski definition) is 3. The SMILES string of the molecule is Cc1cc(-c2ccccc2)c(-c2nc3ccc(N)cc3[nH]2)[nH]1. The topological polar surface area (TPSA) is 70.5 Å². The zero-order valence-corrected chi connectivity index (χ0v) is 12.2. The number of H-pyrrole nitrogens is 2. The van der Waals surface area contributed by atoms with Crippen molar-refractivity contribution >= 4 is 16.7 Å². The number of rotatable bonds is 2. The third-order valence-electron chi connectivity index (χ3n) is 3.78. The number of nitrogen functional groups attached to an aromatic ring is 1. The Morgan fingerprint density at radius 3 is 2.59 bits per heavy atom. The molecule has 2 aromatic carbocycles. The zero-order valence-electron chi connectivity index (χ0n) is 12.2. The fraction of sp³-hybridized carbons (Fsp3) is 0.0556. The molecule has 0 saturated heterocycles. The molecule has 2 heterocycles. The number of anilines is 1. The molecule has 0 radical (unpaired) electrons. The van der Waals surface area contributed by atoms with Crippen LogP contribution in [0.1, 0.15) is 5.69 Å². The standard InChI is InChI=1S/C18H16N4/c1-11-9-14(12-5-3-2-4-6-12)17(20-11)18-21-15-8-7-13(19)10-16(15)22-18/h2-10,20H,19H2,1H3,(H,21,22). The molecule has 0 atom stereocenters. The van der Waals surface area contributed by atoms with E-state index in [1.807, 2.05) is 36.4 Å². The van der Waals surface area contributed by atoms with Crippen molar-refractivity contribution in [1.82, 2.24) is 15.0 Å². The summed E-state index contributed by atoms with van der Waals surface area (Å²) in [7, 11) is 0. The number of nitrogens with two attached hydrogens (primary N) is 1. The molecule has 0 saturated carbocycles. The second-order valence-corrected chi connectivity index (χ2v) is 5.47. The average molecular weight is 288 g/mol. The van der Waals surface area contributed by atoms with E-state index in [0.717, 1.165) is 39.5 Å². The van der Waals surface area contributed by atoms with E-state index in [2.05, 4.69) is 40.1 Å². The van der Waals surface area contributed by atoms with Gasteiger partial charge in [-0.2, -0.15) is 0 Å². The van der Waals surface area contributed by atoms with Gasteiger partial charge in [0, 0.05) is 16.9 Å². The van der Waals surface area contributed by atoms with Crippen molar-refractivity contribution < 1.29 is 0 Å². The van der Waals surface area contributed by atoms with E-state index in [9.17, 15) is 0 Å². The smallest absolute Gasteiger partial charge is 0.155 e. The van der Waals surface area contributed by atoms with Gasteiger partial charge in [0.05, 0.1) is 16.7 Å². The maximum absolute atomic E-state index is 5.84. The highest BCUT2D eigenvalue weighted by molar-refractivity contribution is 5.86. The third-order valence-corrected chi connectivity index (χ3v) is 3.78. The number of imidazole rings is 1. The Bertz CT molecular complexity index is 948. The van der Waals surface area contributed by atoms with E-state index >= 15 is 0 Å². The predicted octanol–water partition coefficient (Wildman–Crippen LogP) is 4.12. The second kappa shape index (κ2) is 4.77. The van der Waals surface area contributed by atoms with Crippen LogP contribution < -0.4 is 5.73 Å². The van der Waals surface area contributed by atoms with Crippen LogP contribution in [0.2, 0.25) is 0 Å². The first-order valence-corrected chi connectivity index (χ1v) is 7.21. The molecule has 0 aliphatic heterocycles. The second-order valence-electron chi connectivity index (χ2n) is 5.47. The first-order chi connectivity index (χ1) is 10.7. The molecule has 0 aliphatic rings. The van der Waals surface area contributed by atoms with Crippen LogP contribution in [0.3, 0.4) is 0 Å². The van der Waals surface area contributed by atoms with E-state index in [1.54, 1.807) is 0 Å². The van der Waals surface area contributed by atoms with Gasteiger partial charge in [0.15, 0.2) is 5.82 Å². The van der Waals surface area contributed by atoms with Crippen molar-refractivity contribution in [3.05, 3.63) is 60.3 Å². The quantitative estimate of drug-likeness (QED) is 0.486. The Kier molecular flexibility index (Phi) is 2.76. The van der Waals surface area contributed by atoms with Gasteiger partial charge in [-0.25, -0.2) is 4.98 Å². The fourth-order valence-corrected chi connectivity index (χ4v) is 2.77. The van der Waals surface area contributed by atoms with Gasteiger partial charge in [0.1, 0.15) is 0 Å². The maximum Gasteiger partial charge on any atom is 0.155 e. The minimum absolute atomic E-state index is 0.730. The van der Waals surface area contributed by atoms with Crippen LogP contribution >= 0.6 is 0 Å². The number of hydrogen-bond acceptors (Lipinski definition) is 2. The van der Waals surface area contributed by atoms with Crippen LogP contribution in [0.4, 0.5) is 5.69 Å². The normalized spacial score (nSPS) is 11.1. The summed E-state index contributed by atoms with van der Waals surface area (Å²) in [5.74, 6) is 0.826. The van der Waals surface area contributed by atoms with Crippen molar-refractivity contribution in [3.63, 3.8) is 0 Å². The molecule has 108 valence electrons. The summed E-state index contributed by atoms with van der Waals surface area (Å²) >= 11 is 0. The minimum atomic E-state index is 0.730. The molecule has 4 N–H and O–H groups in total. The highest BCUT2D eigenvalue weighted by Crippen LogP contribution is 2.32. The largest absolute Gasteiger partial charge is 0.399 e. The molecule has 4 heteroatoms. The van der Waals surface area contributed by atoms with Gasteiger partial charge < -0.3 is 15.7 Å². The molecule has 0 bridgehead atoms. The molecular formula is C18H16N4. The third kappa shape index (κ3) is 2.05. The predicted molar refractivity (Wildman–Crippen MR) is 90.5 cm³/mol. The first-order valence-electron chi connectivity index (χ1n) is 7.21. The number of fused-ring (bicyclic) bond motifs is 1. The van der Waals surface area contributed by atoms with Crippen LogP contribution in [0.25, 0.3) is 33.7 Å². The Hall–Kier alpha value is -3.01. The highest BCUT2D eigenvalue weighted by atomic mass is 15.0. The van der Waals surface area contributed by atoms with Crippen molar-refractivity contribution in [2.45, 2.75) is 6.92 Å². The molecular weight excluding hydrogens is 272 g/mol. The lowest BCUT2D eigenvalue weighted by molar-refractivity contribution is 1.22. The summed E-state index contributed by atoms with van der Waals surface area (Å²) in [5, 5.41) is 0. The number of aryl methyl sites for hydroxylation is 1. The van der Waals surface area contributed by atoms with Gasteiger partial charge in [-0.15, -0.1) is 0 Å². The van der Waals surface area contributed by atoms with Crippen LogP contribution in [0, 0.1) is 6.92 Å². The molecule has 4 aromatic rings. The Labute approximate surface area is 128 Å². The van der Waals surface area contributed by atoms with Gasteiger partial charge in [0.25, 0.3) is 0 Å². The molecule has 0 unspecified atom stereocenters. The van der Waals surface area contributed by atoms with Gasteiger partial charge in [-0.1, -0.05) is 30.3 Å². The summed E-state index contributed by atoms with van der Waals surface area (Å²) in [5.41, 5.74) is 12.8. The number of nitrogens with one attached hydrogen (secondary N) is 2. The van der Waals surface area contributed by atoms with E-state index in [1.165, 1.54) is 5.56 Å². The van der Waals surface area contributed by atoms with E-state index in [4.69, 9.17) is 5.73 Å². The average Bonchev–Trinajstić information content (AvgIpc) is 3.11. The summed E-state index contributed by atoms with van der Waals surface area (Å²) < 4.78 is 0. The lowest BCUT2D eigenvalue weighted by Gasteiger charge is -2.01. The summed E-state index contributed by atoms with van der Waals surface area (Å²) in [6, 6.07) is 18.2. The first kappa shape index (κ1) is 12.7. The molecule has 0 spiro atoms. The molecule has 4 nitrogen and oxygen atoms in total. The van der Waals surface area contributed by atoms with Crippen LogP contribution in [-0.4, -0.2) is 15.0 Å². The van der Waals surface area contributed by atoms with Crippen LogP contribution in [-0.2, 0) is 0 Å². The van der Waals surface area contributed by atoms with Crippen molar-refractivity contribution in [2.75, 3.05) is 5.73 Å². The summed E-state index contributed by atoms with van der Waals surface area (Å²) in [4.78, 5) is 11.4. The molecule has 0 fully saturated rings. The lowest BCUT2D eigenvalue weighted by Crippen LogP contribution is -1.84. The molecule has 0 amide bonds. The minimum Gasteiger partial charge on any atom is -0.399 e. The van der Waals surface area contributed by atoms with E-state index < -0.39 is 0 Å². The molecule has 22 heavy (non-hydrogen) atoms. The number of aromatic amines is 2. The fourth-order valence-electron chi connectivity index (χ4n) is 2.77. The van der Waals surface area contributed by atoms with Gasteiger partial charge >= 0.3 is 0 Å². The van der Waals surface area contributed by atoms with Crippen LogP contribution in [0.5, 0.6) is 0 Å². The van der Waals surface area contributed by atoms with Crippen molar-refractivity contribution in [3.8, 4) is 22.6 Å². The summed E-state index contributed by atoms with van der Waals surface area (Å²) in [6.45, 7) is 2.05. The highest BCUT2D eigenvalue weighted by Gasteiger charge is 2.14. The number of aromatic nitrogens is 3. The number of nitrogens with zero attached hydrogens (tertiary/aromatic N) is 1. The summed E-state index contributed by atoms with van der Waals surface area (Å²) in [6.07, 6.45) is 0. The van der Waals surface area contributed by atoms with Crippen molar-refractivity contribution in [1.29, 1.82) is 0 Å². The van der Waals surface area contributed by atoms with Crippen LogP contribution in [0.15, 0.2) is 54.6 Å². The Balaban J connectivity index is 1.91. The zero-order chi connectivity index (χ0) is 15.1. The Morgan fingerprint density at radius 2 is 1.77 bits per heavy atom. The Morgan fingerprint density at radius 1 is 0.955 bits per heavy atom. The lowest BCUT2D eigenvalue weighted by atomic mass is 10.1. The molecule has 4 rings (SSSR count). The maximum atomic E-state index is 5.84. The van der Waals surface area contributed by atoms with Gasteiger partial charge in [-0.3, -0.25) is 0 Å². The number of benzene rings is 2. The van der Waals surface area contributed by atoms with E-state index in [-0.39, 0.29) is 0 Å². The van der Waals surface area contributed by atoms with E-state index in [0.29, 0.717) is 0 Å². The van der Waals surface area contributed by atoms with Gasteiger partial charge in [0.2, 0.25) is 0 Å². The van der Waals surface area contributed by atoms with Crippen molar-refractivity contribution in [2.24, 2.45) is 0 Å². The molecule has 2 aromatic heterocycles. The molecule has 0 aliphatic carbocycles.